The van der Waals surface area contributed by atoms with E-state index in [9.17, 15) is 28.8 Å². The molecule has 1 N–H and O–H groups in total. The Morgan fingerprint density at radius 2 is 0.804 bits per heavy atom. The van der Waals surface area contributed by atoms with E-state index in [0.717, 1.165) is 0 Å². The highest BCUT2D eigenvalue weighted by atomic mass is 16.6. The van der Waals surface area contributed by atoms with Crippen LogP contribution in [0.1, 0.15) is 71.4 Å². The average Bonchev–Trinajstić information content (AvgIpc) is 3.03. The average molecular weight is 645 g/mol. The molecule has 0 aromatic heterocycles. The van der Waals surface area contributed by atoms with Gasteiger partial charge >= 0.3 is 35.8 Å². The Morgan fingerprint density at radius 3 is 1.09 bits per heavy atom. The number of esters is 5. The molecule has 0 atom stereocenters. The molecule has 12 heteroatoms. The quantitative estimate of drug-likeness (QED) is 0.147. The molecule has 0 spiro atoms. The van der Waals surface area contributed by atoms with E-state index >= 15 is 0 Å². The van der Waals surface area contributed by atoms with Crippen molar-refractivity contribution >= 4 is 35.8 Å². The summed E-state index contributed by atoms with van der Waals surface area (Å²) in [5, 5.41) is 8.94. The van der Waals surface area contributed by atoms with Gasteiger partial charge < -0.3 is 28.8 Å². The van der Waals surface area contributed by atoms with E-state index in [4.69, 9.17) is 28.8 Å². The van der Waals surface area contributed by atoms with Crippen molar-refractivity contribution in [2.24, 2.45) is 0 Å². The molecule has 0 bridgehead atoms. The van der Waals surface area contributed by atoms with E-state index in [1.807, 2.05) is 0 Å². The molecule has 0 aliphatic rings. The first-order valence-corrected chi connectivity index (χ1v) is 15.2. The van der Waals surface area contributed by atoms with E-state index in [1.54, 1.807) is 95.3 Å². The number of aliphatic carboxylic acids is 1. The normalized spacial score (nSPS) is 10.8. The molecule has 0 amide bonds. The first kappa shape index (κ1) is 39.3. The van der Waals surface area contributed by atoms with Crippen LogP contribution >= 0.6 is 0 Å². The number of benzene rings is 2. The Balaban J connectivity index is 0.000000462. The van der Waals surface area contributed by atoms with Crippen molar-refractivity contribution < 1.29 is 57.6 Å². The zero-order valence-corrected chi connectivity index (χ0v) is 27.1. The van der Waals surface area contributed by atoms with E-state index < -0.39 is 46.6 Å². The number of ether oxygens (including phenoxy) is 5. The molecule has 252 valence electrons. The van der Waals surface area contributed by atoms with Crippen LogP contribution in [0, 0.1) is 0 Å². The van der Waals surface area contributed by atoms with Gasteiger partial charge in [0.25, 0.3) is 0 Å². The van der Waals surface area contributed by atoms with Crippen LogP contribution in [0.25, 0.3) is 0 Å². The molecule has 0 unspecified atom stereocenters. The van der Waals surface area contributed by atoms with Gasteiger partial charge in [0.15, 0.2) is 10.8 Å². The predicted molar refractivity (Wildman–Crippen MR) is 166 cm³/mol. The van der Waals surface area contributed by atoms with Crippen LogP contribution in [0.3, 0.4) is 0 Å². The van der Waals surface area contributed by atoms with Crippen LogP contribution in [0.4, 0.5) is 0 Å². The fourth-order valence-corrected chi connectivity index (χ4v) is 4.61. The highest BCUT2D eigenvalue weighted by Gasteiger charge is 2.51. The lowest BCUT2D eigenvalue weighted by Crippen LogP contribution is -2.46. The Kier molecular flexibility index (Phi) is 17.4. The second-order valence-electron chi connectivity index (χ2n) is 9.62. The van der Waals surface area contributed by atoms with Crippen molar-refractivity contribution in [1.29, 1.82) is 0 Å². The Bertz CT molecular complexity index is 1240. The molecule has 2 aromatic rings. The summed E-state index contributed by atoms with van der Waals surface area (Å²) in [7, 11) is 0. The van der Waals surface area contributed by atoms with Crippen molar-refractivity contribution in [3.8, 4) is 0 Å². The minimum Gasteiger partial charge on any atom is -0.481 e. The summed E-state index contributed by atoms with van der Waals surface area (Å²) < 4.78 is 25.2. The van der Waals surface area contributed by atoms with Crippen molar-refractivity contribution in [2.75, 3.05) is 33.0 Å². The SMILES string of the molecule is CCOC(=O)C(CCC(=O)O)(C(=O)OCC)c1ccccc1.CCOC(=O)CCC(C(=O)OCC)(C(=O)OCC)c1ccccc1. The maximum Gasteiger partial charge on any atom is 0.328 e. The Labute approximate surface area is 269 Å². The van der Waals surface area contributed by atoms with Gasteiger partial charge in [-0.25, -0.2) is 0 Å². The first-order chi connectivity index (χ1) is 22.0. The molecule has 12 nitrogen and oxygen atoms in total. The fourth-order valence-electron chi connectivity index (χ4n) is 4.61. The van der Waals surface area contributed by atoms with E-state index in [0.29, 0.717) is 11.1 Å². The lowest BCUT2D eigenvalue weighted by atomic mass is 9.76. The van der Waals surface area contributed by atoms with Gasteiger partial charge in [-0.3, -0.25) is 28.8 Å². The highest BCUT2D eigenvalue weighted by molar-refractivity contribution is 6.07. The third-order valence-corrected chi connectivity index (χ3v) is 6.75. The van der Waals surface area contributed by atoms with Crippen LogP contribution in [0.15, 0.2) is 60.7 Å². The van der Waals surface area contributed by atoms with Gasteiger partial charge in [0.2, 0.25) is 0 Å². The number of carboxylic acid groups (broad SMARTS) is 1. The van der Waals surface area contributed by atoms with Crippen molar-refractivity contribution in [2.45, 2.75) is 71.1 Å². The molecule has 0 fully saturated rings. The lowest BCUT2D eigenvalue weighted by molar-refractivity contribution is -0.167. The van der Waals surface area contributed by atoms with Gasteiger partial charge in [0.1, 0.15) is 0 Å². The molecule has 46 heavy (non-hydrogen) atoms. The van der Waals surface area contributed by atoms with Crippen LogP contribution in [0.2, 0.25) is 0 Å². The number of carbonyl (C=O) groups excluding carboxylic acids is 5. The third-order valence-electron chi connectivity index (χ3n) is 6.75. The van der Waals surface area contributed by atoms with Crippen LogP contribution in [-0.2, 0) is 63.3 Å². The molecule has 0 saturated carbocycles. The zero-order valence-electron chi connectivity index (χ0n) is 27.1. The maximum absolute atomic E-state index is 12.7. The summed E-state index contributed by atoms with van der Waals surface area (Å²) in [4.78, 5) is 73.0. The standard InChI is InChI=1S/C18H24O6.C16H20O6/c1-4-22-15(19)12-13-18(16(20)23-5-2,17(21)24-6-3)14-10-8-7-9-11-14;1-3-21-14(19)16(11-10-13(17)18,15(20)22-4-2)12-8-6-5-7-9-12/h7-11H,4-6,12-13H2,1-3H3;5-9H,3-4,10-11H2,1-2H3,(H,17,18). The fraction of sp³-hybridized carbons (Fsp3) is 0.471. The molecule has 0 aliphatic heterocycles. The molecule has 0 heterocycles. The number of hydrogen-bond acceptors (Lipinski definition) is 11. The van der Waals surface area contributed by atoms with Crippen LogP contribution in [-0.4, -0.2) is 74.0 Å². The minimum atomic E-state index is -1.76. The summed E-state index contributed by atoms with van der Waals surface area (Å²) >= 11 is 0. The third kappa shape index (κ3) is 10.4. The minimum absolute atomic E-state index is 0.0759. The molecule has 0 saturated heterocycles. The van der Waals surface area contributed by atoms with Gasteiger partial charge in [-0.1, -0.05) is 60.7 Å². The van der Waals surface area contributed by atoms with Crippen molar-refractivity contribution in [3.05, 3.63) is 71.8 Å². The molecule has 0 aliphatic carbocycles. The van der Waals surface area contributed by atoms with Gasteiger partial charge in [0, 0.05) is 12.8 Å². The van der Waals surface area contributed by atoms with Crippen molar-refractivity contribution in [3.63, 3.8) is 0 Å². The zero-order chi connectivity index (χ0) is 34.6. The highest BCUT2D eigenvalue weighted by Crippen LogP contribution is 2.34. The number of hydrogen-bond donors (Lipinski definition) is 1. The van der Waals surface area contributed by atoms with E-state index in [-0.39, 0.29) is 58.7 Å². The van der Waals surface area contributed by atoms with Gasteiger partial charge in [-0.05, 0) is 58.6 Å². The topological polar surface area (TPSA) is 169 Å². The largest absolute Gasteiger partial charge is 0.481 e. The number of carbonyl (C=O) groups is 6. The van der Waals surface area contributed by atoms with Crippen LogP contribution < -0.4 is 0 Å². The predicted octanol–water partition coefficient (Wildman–Crippen LogP) is 4.31. The summed E-state index contributed by atoms with van der Waals surface area (Å²) in [5.41, 5.74) is -2.63. The van der Waals surface area contributed by atoms with Gasteiger partial charge in [-0.2, -0.15) is 0 Å². The summed E-state index contributed by atoms with van der Waals surface area (Å²) in [5.74, 6) is -4.61. The van der Waals surface area contributed by atoms with Crippen LogP contribution in [0.5, 0.6) is 0 Å². The summed E-state index contributed by atoms with van der Waals surface area (Å²) in [6.45, 7) is 8.88. The lowest BCUT2D eigenvalue weighted by Gasteiger charge is -2.29. The molecule has 2 aromatic carbocycles. The second kappa shape index (κ2) is 20.3. The van der Waals surface area contributed by atoms with Crippen molar-refractivity contribution in [1.82, 2.24) is 0 Å². The molecule has 0 radical (unpaired) electrons. The van der Waals surface area contributed by atoms with E-state index in [2.05, 4.69) is 0 Å². The second-order valence-corrected chi connectivity index (χ2v) is 9.62. The first-order valence-electron chi connectivity index (χ1n) is 15.2. The van der Waals surface area contributed by atoms with Gasteiger partial charge in [0.05, 0.1) is 33.0 Å². The monoisotopic (exact) mass is 644 g/mol. The smallest absolute Gasteiger partial charge is 0.328 e. The maximum atomic E-state index is 12.7. The summed E-state index contributed by atoms with van der Waals surface area (Å²) in [6, 6.07) is 16.8. The number of carboxylic acids is 1. The molecule has 2 rings (SSSR count). The molecular weight excluding hydrogens is 600 g/mol. The Hall–Kier alpha value is -4.74. The van der Waals surface area contributed by atoms with Gasteiger partial charge in [-0.15, -0.1) is 0 Å². The Morgan fingerprint density at radius 1 is 0.500 bits per heavy atom. The number of rotatable bonds is 17. The van der Waals surface area contributed by atoms with E-state index in [1.165, 1.54) is 0 Å². The summed E-state index contributed by atoms with van der Waals surface area (Å²) in [6.07, 6.45) is -0.746. The molecular formula is C34H44O12.